The molecule has 0 saturated carbocycles. The molecule has 0 aromatic heterocycles. The molecule has 0 bridgehead atoms. The number of benzene rings is 2. The normalized spacial score (nSPS) is 10.7. The summed E-state index contributed by atoms with van der Waals surface area (Å²) in [6.07, 6.45) is 0.777. The Morgan fingerprint density at radius 1 is 0.632 bits per heavy atom. The van der Waals surface area contributed by atoms with E-state index in [9.17, 15) is 0 Å². The Kier molecular flexibility index (Phi) is 4.98. The van der Waals surface area contributed by atoms with Gasteiger partial charge in [0.2, 0.25) is 0 Å². The standard InChI is InChI=1S/C13H10Br4N2/c14-10-6(1-3-8(18)12(10)16)5-7-2-4-9(19)13(17)11(7)15/h1-4H,5,18-19H2. The first-order chi connectivity index (χ1) is 8.91. The molecule has 0 atom stereocenters. The van der Waals surface area contributed by atoms with Crippen molar-refractivity contribution >= 4 is 75.1 Å². The summed E-state index contributed by atoms with van der Waals surface area (Å²) < 4.78 is 3.73. The number of rotatable bonds is 2. The van der Waals surface area contributed by atoms with Crippen molar-refractivity contribution in [2.45, 2.75) is 6.42 Å². The van der Waals surface area contributed by atoms with Gasteiger partial charge in [-0.25, -0.2) is 0 Å². The topological polar surface area (TPSA) is 52.0 Å². The van der Waals surface area contributed by atoms with E-state index >= 15 is 0 Å². The predicted molar refractivity (Wildman–Crippen MR) is 95.3 cm³/mol. The molecule has 0 spiro atoms. The summed E-state index contributed by atoms with van der Waals surface area (Å²) in [5.41, 5.74) is 15.4. The Morgan fingerprint density at radius 3 is 1.37 bits per heavy atom. The van der Waals surface area contributed by atoms with Crippen LogP contribution in [-0.2, 0) is 6.42 Å². The van der Waals surface area contributed by atoms with Gasteiger partial charge in [-0.1, -0.05) is 12.1 Å². The number of nitrogen functional groups attached to an aromatic ring is 2. The van der Waals surface area contributed by atoms with Crippen molar-refractivity contribution in [2.75, 3.05) is 11.5 Å². The second kappa shape index (κ2) is 6.16. The Hall–Kier alpha value is -0.0400. The number of hydrogen-bond acceptors (Lipinski definition) is 2. The molecule has 0 fully saturated rings. The summed E-state index contributed by atoms with van der Waals surface area (Å²) >= 11 is 14.1. The highest BCUT2D eigenvalue weighted by Gasteiger charge is 2.12. The number of hydrogen-bond donors (Lipinski definition) is 2. The van der Waals surface area contributed by atoms with Crippen LogP contribution in [0.25, 0.3) is 0 Å². The molecule has 100 valence electrons. The van der Waals surface area contributed by atoms with Crippen LogP contribution in [0.15, 0.2) is 42.2 Å². The smallest absolute Gasteiger partial charge is 0.0549 e. The van der Waals surface area contributed by atoms with Crippen LogP contribution in [0.1, 0.15) is 11.1 Å². The van der Waals surface area contributed by atoms with Gasteiger partial charge >= 0.3 is 0 Å². The maximum absolute atomic E-state index is 5.85. The van der Waals surface area contributed by atoms with Crippen molar-refractivity contribution in [1.29, 1.82) is 0 Å². The van der Waals surface area contributed by atoms with Crippen molar-refractivity contribution in [2.24, 2.45) is 0 Å². The number of halogens is 4. The minimum Gasteiger partial charge on any atom is -0.398 e. The van der Waals surface area contributed by atoms with Crippen LogP contribution in [0.5, 0.6) is 0 Å². The number of anilines is 2. The largest absolute Gasteiger partial charge is 0.398 e. The summed E-state index contributed by atoms with van der Waals surface area (Å²) in [5.74, 6) is 0. The summed E-state index contributed by atoms with van der Waals surface area (Å²) in [5, 5.41) is 0. The maximum atomic E-state index is 5.85. The molecular formula is C13H10Br4N2. The molecule has 0 radical (unpaired) electrons. The second-order valence-corrected chi connectivity index (χ2v) is 7.23. The highest BCUT2D eigenvalue weighted by molar-refractivity contribution is 9.13. The third kappa shape index (κ3) is 3.17. The van der Waals surface area contributed by atoms with Gasteiger partial charge in [0.1, 0.15) is 0 Å². The fourth-order valence-corrected chi connectivity index (χ4v) is 3.46. The van der Waals surface area contributed by atoms with E-state index in [1.807, 2.05) is 24.3 Å². The fourth-order valence-electron chi connectivity index (χ4n) is 1.69. The Balaban J connectivity index is 2.43. The van der Waals surface area contributed by atoms with E-state index in [4.69, 9.17) is 11.5 Å². The monoisotopic (exact) mass is 510 g/mol. The lowest BCUT2D eigenvalue weighted by atomic mass is 10.0. The Labute approximate surface area is 145 Å². The summed E-state index contributed by atoms with van der Waals surface area (Å²) in [4.78, 5) is 0. The zero-order valence-electron chi connectivity index (χ0n) is 9.68. The first-order valence-corrected chi connectivity index (χ1v) is 8.53. The van der Waals surface area contributed by atoms with E-state index in [-0.39, 0.29) is 0 Å². The van der Waals surface area contributed by atoms with E-state index in [1.165, 1.54) is 0 Å². The lowest BCUT2D eigenvalue weighted by Crippen LogP contribution is -1.97. The van der Waals surface area contributed by atoms with Crippen molar-refractivity contribution in [1.82, 2.24) is 0 Å². The maximum Gasteiger partial charge on any atom is 0.0549 e. The van der Waals surface area contributed by atoms with Crippen LogP contribution in [0.3, 0.4) is 0 Å². The summed E-state index contributed by atoms with van der Waals surface area (Å²) in [6.45, 7) is 0. The molecular weight excluding hydrogens is 504 g/mol. The van der Waals surface area contributed by atoms with E-state index in [0.717, 1.165) is 35.4 Å². The Bertz CT molecular complexity index is 586. The molecule has 2 nitrogen and oxygen atoms in total. The average Bonchev–Trinajstić information content (AvgIpc) is 2.39. The minimum atomic E-state index is 0.716. The molecule has 4 N–H and O–H groups in total. The zero-order valence-corrected chi connectivity index (χ0v) is 16.0. The molecule has 6 heteroatoms. The van der Waals surface area contributed by atoms with Gasteiger partial charge in [-0.2, -0.15) is 0 Å². The van der Waals surface area contributed by atoms with Gasteiger partial charge in [-0.3, -0.25) is 0 Å². The molecule has 0 aliphatic heterocycles. The third-order valence-corrected chi connectivity index (χ3v) is 7.35. The molecule has 2 aromatic carbocycles. The second-order valence-electron chi connectivity index (χ2n) is 4.06. The zero-order chi connectivity index (χ0) is 14.2. The highest BCUT2D eigenvalue weighted by atomic mass is 79.9. The Morgan fingerprint density at radius 2 is 1.00 bits per heavy atom. The molecule has 19 heavy (non-hydrogen) atoms. The van der Waals surface area contributed by atoms with Crippen LogP contribution in [-0.4, -0.2) is 0 Å². The van der Waals surface area contributed by atoms with Crippen molar-refractivity contribution < 1.29 is 0 Å². The van der Waals surface area contributed by atoms with Crippen molar-refractivity contribution in [3.8, 4) is 0 Å². The van der Waals surface area contributed by atoms with E-state index in [1.54, 1.807) is 0 Å². The average molecular weight is 514 g/mol. The van der Waals surface area contributed by atoms with Gasteiger partial charge in [-0.15, -0.1) is 0 Å². The quantitative estimate of drug-likeness (QED) is 0.522. The summed E-state index contributed by atoms with van der Waals surface area (Å²) in [7, 11) is 0. The molecule has 0 aliphatic carbocycles. The molecule has 0 unspecified atom stereocenters. The van der Waals surface area contributed by atoms with Gasteiger partial charge in [0.15, 0.2) is 0 Å². The van der Waals surface area contributed by atoms with Crippen molar-refractivity contribution in [3.63, 3.8) is 0 Å². The first-order valence-electron chi connectivity index (χ1n) is 5.36. The molecule has 0 saturated heterocycles. The fraction of sp³-hybridized carbons (Fsp3) is 0.0769. The van der Waals surface area contributed by atoms with Gasteiger partial charge in [0.25, 0.3) is 0 Å². The SMILES string of the molecule is Nc1ccc(Cc2ccc(N)c(Br)c2Br)c(Br)c1Br. The van der Waals surface area contributed by atoms with Gasteiger partial charge in [0.05, 0.1) is 8.95 Å². The first kappa shape index (κ1) is 15.4. The predicted octanol–water partition coefficient (Wildman–Crippen LogP) is 5.49. The van der Waals surface area contributed by atoms with Crippen LogP contribution in [0, 0.1) is 0 Å². The minimum absolute atomic E-state index is 0.716. The summed E-state index contributed by atoms with van der Waals surface area (Å²) in [6, 6.07) is 7.82. The number of nitrogens with two attached hydrogens (primary N) is 2. The van der Waals surface area contributed by atoms with E-state index in [2.05, 4.69) is 63.7 Å². The highest BCUT2D eigenvalue weighted by Crippen LogP contribution is 2.36. The van der Waals surface area contributed by atoms with Crippen LogP contribution >= 0.6 is 63.7 Å². The lowest BCUT2D eigenvalue weighted by Gasteiger charge is -2.12. The van der Waals surface area contributed by atoms with Crippen LogP contribution in [0.2, 0.25) is 0 Å². The van der Waals surface area contributed by atoms with E-state index < -0.39 is 0 Å². The molecule has 2 rings (SSSR count). The van der Waals surface area contributed by atoms with Gasteiger partial charge < -0.3 is 11.5 Å². The molecule has 0 aliphatic rings. The van der Waals surface area contributed by atoms with Crippen LogP contribution < -0.4 is 11.5 Å². The molecule has 2 aromatic rings. The molecule has 0 amide bonds. The molecule has 0 heterocycles. The van der Waals surface area contributed by atoms with E-state index in [0.29, 0.717) is 11.4 Å². The van der Waals surface area contributed by atoms with Crippen LogP contribution in [0.4, 0.5) is 11.4 Å². The third-order valence-electron chi connectivity index (χ3n) is 2.77. The van der Waals surface area contributed by atoms with Crippen molar-refractivity contribution in [3.05, 3.63) is 53.3 Å². The van der Waals surface area contributed by atoms with Gasteiger partial charge in [-0.05, 0) is 93.4 Å². The lowest BCUT2D eigenvalue weighted by molar-refractivity contribution is 1.16. The van der Waals surface area contributed by atoms with Gasteiger partial charge in [0, 0.05) is 20.3 Å².